The van der Waals surface area contributed by atoms with E-state index in [1.807, 2.05) is 24.3 Å². The number of nitrogens with two attached hydrogens (primary N) is 1. The van der Waals surface area contributed by atoms with E-state index in [1.54, 1.807) is 10.7 Å². The molecule has 2 aromatic heterocycles. The minimum atomic E-state index is -0.746. The zero-order valence-electron chi connectivity index (χ0n) is 16.5. The van der Waals surface area contributed by atoms with E-state index in [1.165, 1.54) is 6.08 Å². The Labute approximate surface area is 173 Å². The summed E-state index contributed by atoms with van der Waals surface area (Å²) < 4.78 is 1.68. The Morgan fingerprint density at radius 2 is 2.07 bits per heavy atom. The van der Waals surface area contributed by atoms with Gasteiger partial charge in [-0.25, -0.2) is 4.98 Å². The van der Waals surface area contributed by atoms with Crippen molar-refractivity contribution in [3.63, 3.8) is 0 Å². The number of benzene rings is 1. The standard InChI is InChI=1S/C21H23N7O2/c1-13(14-5-3-2-4-6-14)25-18-10-19(26-16-7-8-16)28-21(27-18)15(11-24-28)9-17(20(22)30)23-12-29/h2-6,9-13,16,26H,7-8H2,1H3,(H2,22,30)(H,23,29)(H,25,27)/b17-9-. The Morgan fingerprint density at radius 3 is 2.73 bits per heavy atom. The summed E-state index contributed by atoms with van der Waals surface area (Å²) in [6, 6.07) is 12.4. The maximum absolute atomic E-state index is 11.6. The number of aromatic nitrogens is 3. The fourth-order valence-electron chi connectivity index (χ4n) is 3.15. The maximum Gasteiger partial charge on any atom is 0.265 e. The molecule has 2 amide bonds. The van der Waals surface area contributed by atoms with Crippen molar-refractivity contribution in [1.82, 2.24) is 19.9 Å². The second-order valence-electron chi connectivity index (χ2n) is 7.24. The van der Waals surface area contributed by atoms with Gasteiger partial charge in [-0.15, -0.1) is 0 Å². The van der Waals surface area contributed by atoms with Gasteiger partial charge in [0, 0.05) is 23.7 Å². The van der Waals surface area contributed by atoms with Crippen molar-refractivity contribution >= 4 is 35.7 Å². The van der Waals surface area contributed by atoms with Crippen LogP contribution in [-0.2, 0) is 9.59 Å². The van der Waals surface area contributed by atoms with Gasteiger partial charge in [-0.1, -0.05) is 30.3 Å². The lowest BCUT2D eigenvalue weighted by molar-refractivity contribution is -0.116. The molecule has 0 radical (unpaired) electrons. The number of nitrogens with one attached hydrogen (secondary N) is 3. The van der Waals surface area contributed by atoms with Gasteiger partial charge in [0.25, 0.3) is 5.91 Å². The van der Waals surface area contributed by atoms with Crippen LogP contribution >= 0.6 is 0 Å². The molecular formula is C21H23N7O2. The summed E-state index contributed by atoms with van der Waals surface area (Å²) in [5.74, 6) is 0.722. The molecule has 1 unspecified atom stereocenters. The van der Waals surface area contributed by atoms with Gasteiger partial charge in [-0.05, 0) is 31.4 Å². The summed E-state index contributed by atoms with van der Waals surface area (Å²) in [5, 5.41) is 13.6. The lowest BCUT2D eigenvalue weighted by Gasteiger charge is -2.17. The number of nitrogens with zero attached hydrogens (tertiary/aromatic N) is 3. The fraction of sp³-hybridized carbons (Fsp3) is 0.238. The summed E-state index contributed by atoms with van der Waals surface area (Å²) >= 11 is 0. The van der Waals surface area contributed by atoms with Crippen LogP contribution in [0.4, 0.5) is 11.6 Å². The highest BCUT2D eigenvalue weighted by atomic mass is 16.2. The zero-order chi connectivity index (χ0) is 21.1. The van der Waals surface area contributed by atoms with Crippen molar-refractivity contribution in [3.8, 4) is 0 Å². The Bertz CT molecular complexity index is 1100. The Morgan fingerprint density at radius 1 is 1.30 bits per heavy atom. The van der Waals surface area contributed by atoms with Gasteiger partial charge < -0.3 is 21.7 Å². The number of fused-ring (bicyclic) bond motifs is 1. The molecule has 1 aliphatic carbocycles. The number of primary amides is 1. The summed E-state index contributed by atoms with van der Waals surface area (Å²) in [5.41, 5.74) is 7.55. The van der Waals surface area contributed by atoms with Gasteiger partial charge in [0.2, 0.25) is 6.41 Å². The van der Waals surface area contributed by atoms with Crippen LogP contribution < -0.4 is 21.7 Å². The highest BCUT2D eigenvalue weighted by molar-refractivity contribution is 5.98. The van der Waals surface area contributed by atoms with Crippen molar-refractivity contribution < 1.29 is 9.59 Å². The lowest BCUT2D eigenvalue weighted by Crippen LogP contribution is -2.24. The molecule has 2 heterocycles. The molecule has 9 heteroatoms. The third kappa shape index (κ3) is 4.24. The molecule has 3 aromatic rings. The Hall–Kier alpha value is -3.88. The van der Waals surface area contributed by atoms with Crippen LogP contribution in [0.5, 0.6) is 0 Å². The van der Waals surface area contributed by atoms with Gasteiger partial charge in [0.15, 0.2) is 5.65 Å². The van der Waals surface area contributed by atoms with Crippen molar-refractivity contribution in [1.29, 1.82) is 0 Å². The Kier molecular flexibility index (Phi) is 5.34. The molecule has 0 saturated heterocycles. The van der Waals surface area contributed by atoms with E-state index in [-0.39, 0.29) is 11.7 Å². The van der Waals surface area contributed by atoms with E-state index in [0.717, 1.165) is 24.2 Å². The van der Waals surface area contributed by atoms with E-state index in [2.05, 4.69) is 40.1 Å². The van der Waals surface area contributed by atoms with Crippen LogP contribution in [0.15, 0.2) is 48.3 Å². The second-order valence-corrected chi connectivity index (χ2v) is 7.24. The maximum atomic E-state index is 11.6. The molecule has 1 aliphatic rings. The van der Waals surface area contributed by atoms with Crippen LogP contribution in [0.2, 0.25) is 0 Å². The average Bonchev–Trinajstić information content (AvgIpc) is 3.47. The number of carbonyl (C=O) groups excluding carboxylic acids is 2. The van der Waals surface area contributed by atoms with Gasteiger partial charge in [-0.3, -0.25) is 9.59 Å². The third-order valence-electron chi connectivity index (χ3n) is 4.87. The molecule has 0 aliphatic heterocycles. The molecule has 30 heavy (non-hydrogen) atoms. The average molecular weight is 405 g/mol. The molecule has 9 nitrogen and oxygen atoms in total. The predicted molar refractivity (Wildman–Crippen MR) is 114 cm³/mol. The van der Waals surface area contributed by atoms with Gasteiger partial charge in [-0.2, -0.15) is 9.61 Å². The minimum Gasteiger partial charge on any atom is -0.367 e. The van der Waals surface area contributed by atoms with E-state index in [9.17, 15) is 9.59 Å². The smallest absolute Gasteiger partial charge is 0.265 e. The third-order valence-corrected chi connectivity index (χ3v) is 4.87. The van der Waals surface area contributed by atoms with Crippen LogP contribution in [0.25, 0.3) is 11.7 Å². The monoisotopic (exact) mass is 405 g/mol. The van der Waals surface area contributed by atoms with Gasteiger partial charge >= 0.3 is 0 Å². The van der Waals surface area contributed by atoms with Gasteiger partial charge in [0.05, 0.1) is 6.20 Å². The molecule has 1 aromatic carbocycles. The molecule has 1 saturated carbocycles. The number of anilines is 2. The van der Waals surface area contributed by atoms with Crippen molar-refractivity contribution in [2.45, 2.75) is 31.8 Å². The first kappa shape index (κ1) is 19.4. The molecular weight excluding hydrogens is 382 g/mol. The number of carbonyl (C=O) groups is 2. The van der Waals surface area contributed by atoms with Crippen LogP contribution in [0, 0.1) is 0 Å². The lowest BCUT2D eigenvalue weighted by atomic mass is 10.1. The first-order valence-corrected chi connectivity index (χ1v) is 9.73. The molecule has 1 atom stereocenters. The number of hydrogen-bond donors (Lipinski definition) is 4. The van der Waals surface area contributed by atoms with Crippen molar-refractivity contribution in [2.75, 3.05) is 10.6 Å². The van der Waals surface area contributed by atoms with Gasteiger partial charge in [0.1, 0.15) is 17.3 Å². The van der Waals surface area contributed by atoms with Crippen LogP contribution in [0.3, 0.4) is 0 Å². The second kappa shape index (κ2) is 8.24. The molecule has 154 valence electrons. The Balaban J connectivity index is 1.74. The quantitative estimate of drug-likeness (QED) is 0.319. The largest absolute Gasteiger partial charge is 0.367 e. The molecule has 0 bridgehead atoms. The number of rotatable bonds is 9. The summed E-state index contributed by atoms with van der Waals surface area (Å²) in [6.45, 7) is 2.06. The highest BCUT2D eigenvalue weighted by Crippen LogP contribution is 2.28. The first-order chi connectivity index (χ1) is 14.5. The fourth-order valence-corrected chi connectivity index (χ4v) is 3.15. The summed E-state index contributed by atoms with van der Waals surface area (Å²) in [6.07, 6.45) is 5.67. The van der Waals surface area contributed by atoms with E-state index >= 15 is 0 Å². The highest BCUT2D eigenvalue weighted by Gasteiger charge is 2.23. The molecule has 4 rings (SSSR count). The summed E-state index contributed by atoms with van der Waals surface area (Å²) in [4.78, 5) is 27.1. The number of amides is 2. The molecule has 5 N–H and O–H groups in total. The van der Waals surface area contributed by atoms with Crippen LogP contribution in [-0.4, -0.2) is 33.0 Å². The van der Waals surface area contributed by atoms with E-state index in [4.69, 9.17) is 10.7 Å². The zero-order valence-corrected chi connectivity index (χ0v) is 16.5. The van der Waals surface area contributed by atoms with Crippen molar-refractivity contribution in [3.05, 3.63) is 59.4 Å². The van der Waals surface area contributed by atoms with Crippen LogP contribution in [0.1, 0.15) is 36.9 Å². The normalized spacial score (nSPS) is 14.9. The first-order valence-electron chi connectivity index (χ1n) is 9.73. The van der Waals surface area contributed by atoms with Crippen molar-refractivity contribution in [2.24, 2.45) is 5.73 Å². The SMILES string of the molecule is CC(Nc1cc(NC2CC2)n2ncc(/C=C(\NC=O)C(N)=O)c2n1)c1ccccc1. The summed E-state index contributed by atoms with van der Waals surface area (Å²) in [7, 11) is 0. The number of hydrogen-bond acceptors (Lipinski definition) is 6. The topological polar surface area (TPSA) is 126 Å². The van der Waals surface area contributed by atoms with E-state index in [0.29, 0.717) is 29.5 Å². The molecule has 0 spiro atoms. The predicted octanol–water partition coefficient (Wildman–Crippen LogP) is 2.05. The van der Waals surface area contributed by atoms with E-state index < -0.39 is 5.91 Å². The minimum absolute atomic E-state index is 0.0329. The molecule has 1 fully saturated rings.